The molecule has 1 aliphatic carbocycles. The summed E-state index contributed by atoms with van der Waals surface area (Å²) in [7, 11) is 1.63. The molecule has 6 heteroatoms. The van der Waals surface area contributed by atoms with Crippen LogP contribution in [-0.4, -0.2) is 25.3 Å². The lowest BCUT2D eigenvalue weighted by molar-refractivity contribution is 0.0806. The second-order valence-electron chi connectivity index (χ2n) is 5.01. The minimum atomic E-state index is -0.695. The molecule has 0 bridgehead atoms. The maximum atomic E-state index is 10.7. The molecule has 1 amide bonds. The number of hydrogen-bond donors (Lipinski definition) is 3. The molecule has 2 rings (SSSR count). The quantitative estimate of drug-likeness (QED) is 0.733. The molecule has 1 aromatic carbocycles. The fourth-order valence-corrected chi connectivity index (χ4v) is 2.55. The number of nitrogens with one attached hydrogen (secondary N) is 1. The van der Waals surface area contributed by atoms with Crippen molar-refractivity contribution in [2.75, 3.05) is 18.2 Å². The number of carbonyl (C=O) groups excluding carboxylic acids is 1. The highest BCUT2D eigenvalue weighted by Crippen LogP contribution is 2.30. The molecule has 1 aromatic rings. The summed E-state index contributed by atoms with van der Waals surface area (Å²) in [5, 5.41) is 3.44. The molecule has 0 radical (unpaired) electrons. The molecular weight excluding hydrogens is 258 g/mol. The summed E-state index contributed by atoms with van der Waals surface area (Å²) in [6.07, 6.45) is 2.69. The lowest BCUT2D eigenvalue weighted by Crippen LogP contribution is -2.32. The van der Waals surface area contributed by atoms with Crippen molar-refractivity contribution < 1.29 is 14.3 Å². The zero-order valence-corrected chi connectivity index (χ0v) is 11.6. The van der Waals surface area contributed by atoms with E-state index in [0.717, 1.165) is 37.1 Å². The van der Waals surface area contributed by atoms with E-state index in [1.165, 1.54) is 0 Å². The van der Waals surface area contributed by atoms with E-state index in [9.17, 15) is 4.79 Å². The van der Waals surface area contributed by atoms with Crippen LogP contribution in [0.1, 0.15) is 25.7 Å². The summed E-state index contributed by atoms with van der Waals surface area (Å²) >= 11 is 0. The van der Waals surface area contributed by atoms with Crippen LogP contribution in [-0.2, 0) is 4.74 Å². The number of nitrogen functional groups attached to an aromatic ring is 1. The number of amides is 1. The van der Waals surface area contributed by atoms with Crippen LogP contribution in [0.5, 0.6) is 5.75 Å². The van der Waals surface area contributed by atoms with Gasteiger partial charge in [-0.1, -0.05) is 0 Å². The van der Waals surface area contributed by atoms with E-state index >= 15 is 0 Å². The van der Waals surface area contributed by atoms with Crippen molar-refractivity contribution in [2.45, 2.75) is 37.8 Å². The Kier molecular flexibility index (Phi) is 4.55. The van der Waals surface area contributed by atoms with Gasteiger partial charge in [-0.25, -0.2) is 4.79 Å². The molecular formula is C14H21N3O3. The number of carbonyl (C=O) groups is 1. The summed E-state index contributed by atoms with van der Waals surface area (Å²) < 4.78 is 10.3. The van der Waals surface area contributed by atoms with Crippen LogP contribution >= 0.6 is 0 Å². The molecule has 1 saturated carbocycles. The zero-order chi connectivity index (χ0) is 14.5. The van der Waals surface area contributed by atoms with Crippen LogP contribution in [0.15, 0.2) is 18.2 Å². The van der Waals surface area contributed by atoms with E-state index in [1.54, 1.807) is 7.11 Å². The van der Waals surface area contributed by atoms with E-state index in [1.807, 2.05) is 18.2 Å². The van der Waals surface area contributed by atoms with Gasteiger partial charge in [-0.2, -0.15) is 0 Å². The Labute approximate surface area is 118 Å². The van der Waals surface area contributed by atoms with Crippen LogP contribution in [0.25, 0.3) is 0 Å². The third-order valence-corrected chi connectivity index (χ3v) is 3.54. The first-order chi connectivity index (χ1) is 9.58. The number of primary amides is 1. The van der Waals surface area contributed by atoms with Crippen LogP contribution in [0, 0.1) is 0 Å². The van der Waals surface area contributed by atoms with Crippen LogP contribution in [0.2, 0.25) is 0 Å². The molecule has 0 spiro atoms. The smallest absolute Gasteiger partial charge is 0.404 e. The predicted molar refractivity (Wildman–Crippen MR) is 77.7 cm³/mol. The fraction of sp³-hybridized carbons (Fsp3) is 0.500. The average Bonchev–Trinajstić information content (AvgIpc) is 2.41. The SMILES string of the molecule is COc1ccc(N)cc1N[C@H]1CC[C@H](OC(N)=O)CC1. The van der Waals surface area contributed by atoms with Gasteiger partial charge in [0.05, 0.1) is 12.8 Å². The fourth-order valence-electron chi connectivity index (χ4n) is 2.55. The highest BCUT2D eigenvalue weighted by atomic mass is 16.6. The van der Waals surface area contributed by atoms with Gasteiger partial charge in [0, 0.05) is 11.7 Å². The molecule has 5 N–H and O–H groups in total. The van der Waals surface area contributed by atoms with Gasteiger partial charge >= 0.3 is 6.09 Å². The Bertz CT molecular complexity index is 471. The lowest BCUT2D eigenvalue weighted by Gasteiger charge is -2.29. The van der Waals surface area contributed by atoms with Crippen molar-refractivity contribution in [1.29, 1.82) is 0 Å². The summed E-state index contributed by atoms with van der Waals surface area (Å²) in [6.45, 7) is 0. The zero-order valence-electron chi connectivity index (χ0n) is 11.6. The molecule has 0 unspecified atom stereocenters. The Morgan fingerprint density at radius 2 is 2.00 bits per heavy atom. The summed E-state index contributed by atoms with van der Waals surface area (Å²) in [6, 6.07) is 5.84. The van der Waals surface area contributed by atoms with Crippen molar-refractivity contribution in [3.8, 4) is 5.75 Å². The molecule has 0 heterocycles. The molecule has 0 aromatic heterocycles. The normalized spacial score (nSPS) is 22.1. The third kappa shape index (κ3) is 3.69. The minimum Gasteiger partial charge on any atom is -0.495 e. The first-order valence-electron chi connectivity index (χ1n) is 6.74. The van der Waals surface area contributed by atoms with E-state index in [4.69, 9.17) is 20.9 Å². The molecule has 0 saturated heterocycles. The number of ether oxygens (including phenoxy) is 2. The topological polar surface area (TPSA) is 99.6 Å². The number of anilines is 2. The number of rotatable bonds is 4. The van der Waals surface area contributed by atoms with Gasteiger partial charge in [-0.05, 0) is 43.9 Å². The van der Waals surface area contributed by atoms with Crippen LogP contribution in [0.3, 0.4) is 0 Å². The molecule has 110 valence electrons. The van der Waals surface area contributed by atoms with Crippen LogP contribution in [0.4, 0.5) is 16.2 Å². The Morgan fingerprint density at radius 1 is 1.30 bits per heavy atom. The largest absolute Gasteiger partial charge is 0.495 e. The summed E-state index contributed by atoms with van der Waals surface area (Å²) in [5.74, 6) is 0.773. The lowest BCUT2D eigenvalue weighted by atomic mass is 9.92. The first kappa shape index (κ1) is 14.3. The Hall–Kier alpha value is -2.11. The minimum absolute atomic E-state index is 0.0618. The van der Waals surface area contributed by atoms with Gasteiger partial charge in [0.1, 0.15) is 11.9 Å². The van der Waals surface area contributed by atoms with Gasteiger partial charge in [0.25, 0.3) is 0 Å². The first-order valence-corrected chi connectivity index (χ1v) is 6.74. The number of hydrogen-bond acceptors (Lipinski definition) is 5. The van der Waals surface area contributed by atoms with Gasteiger partial charge in [0.2, 0.25) is 0 Å². The maximum absolute atomic E-state index is 10.7. The van der Waals surface area contributed by atoms with E-state index in [0.29, 0.717) is 11.7 Å². The number of methoxy groups -OCH3 is 1. The summed E-state index contributed by atoms with van der Waals surface area (Å²) in [5.41, 5.74) is 12.4. The van der Waals surface area contributed by atoms with E-state index < -0.39 is 6.09 Å². The predicted octanol–water partition coefficient (Wildman–Crippen LogP) is 2.10. The second-order valence-corrected chi connectivity index (χ2v) is 5.01. The molecule has 20 heavy (non-hydrogen) atoms. The standard InChI is InChI=1S/C14H21N3O3/c1-19-13-7-2-9(15)8-12(13)17-10-3-5-11(6-4-10)20-14(16)18/h2,7-8,10-11,17H,3-6,15H2,1H3,(H2,16,18)/t10-,11-. The Morgan fingerprint density at radius 3 is 2.60 bits per heavy atom. The second kappa shape index (κ2) is 6.36. The van der Waals surface area contributed by atoms with Gasteiger partial charge in [-0.15, -0.1) is 0 Å². The van der Waals surface area contributed by atoms with Crippen molar-refractivity contribution in [3.63, 3.8) is 0 Å². The Balaban J connectivity index is 1.92. The van der Waals surface area contributed by atoms with Crippen molar-refractivity contribution in [1.82, 2.24) is 0 Å². The number of benzene rings is 1. The average molecular weight is 279 g/mol. The monoisotopic (exact) mass is 279 g/mol. The molecule has 6 nitrogen and oxygen atoms in total. The highest BCUT2D eigenvalue weighted by molar-refractivity contribution is 5.65. The van der Waals surface area contributed by atoms with E-state index in [2.05, 4.69) is 5.32 Å². The molecule has 0 aliphatic heterocycles. The van der Waals surface area contributed by atoms with E-state index in [-0.39, 0.29) is 6.10 Å². The van der Waals surface area contributed by atoms with Gasteiger partial charge in [0.15, 0.2) is 0 Å². The maximum Gasteiger partial charge on any atom is 0.404 e. The third-order valence-electron chi connectivity index (χ3n) is 3.54. The molecule has 0 atom stereocenters. The van der Waals surface area contributed by atoms with Crippen LogP contribution < -0.4 is 21.5 Å². The summed E-state index contributed by atoms with van der Waals surface area (Å²) in [4.78, 5) is 10.7. The molecule has 1 aliphatic rings. The van der Waals surface area contributed by atoms with Gasteiger partial charge < -0.3 is 26.3 Å². The highest BCUT2D eigenvalue weighted by Gasteiger charge is 2.23. The van der Waals surface area contributed by atoms with Crippen molar-refractivity contribution in [3.05, 3.63) is 18.2 Å². The van der Waals surface area contributed by atoms with Gasteiger partial charge in [-0.3, -0.25) is 0 Å². The molecule has 1 fully saturated rings. The number of nitrogens with two attached hydrogens (primary N) is 2. The van der Waals surface area contributed by atoms with Crippen molar-refractivity contribution >= 4 is 17.5 Å². The van der Waals surface area contributed by atoms with Crippen molar-refractivity contribution in [2.24, 2.45) is 5.73 Å².